The molecule has 0 saturated carbocycles. The second-order valence-electron chi connectivity index (χ2n) is 5.20. The van der Waals surface area contributed by atoms with Gasteiger partial charge in [0.25, 0.3) is 11.5 Å². The van der Waals surface area contributed by atoms with Gasteiger partial charge in [0, 0.05) is 38.0 Å². The maximum Gasteiger partial charge on any atom is 0.254 e. The molecule has 1 aliphatic rings. The molecule has 98 valence electrons. The SMILES string of the molecule is Cn1ccc(C(=O)N2CCOC(C)(C)C2)cc1=O. The maximum absolute atomic E-state index is 12.3. The summed E-state index contributed by atoms with van der Waals surface area (Å²) in [6.07, 6.45) is 1.61. The van der Waals surface area contributed by atoms with Gasteiger partial charge in [0.05, 0.1) is 12.2 Å². The van der Waals surface area contributed by atoms with Gasteiger partial charge in [-0.15, -0.1) is 0 Å². The number of aryl methyl sites for hydroxylation is 1. The molecule has 0 atom stereocenters. The van der Waals surface area contributed by atoms with Gasteiger partial charge in [-0.05, 0) is 19.9 Å². The summed E-state index contributed by atoms with van der Waals surface area (Å²) in [5, 5.41) is 0. The number of morpholine rings is 1. The van der Waals surface area contributed by atoms with Crippen LogP contribution in [-0.2, 0) is 11.8 Å². The molecule has 2 rings (SSSR count). The van der Waals surface area contributed by atoms with Crippen LogP contribution in [0.3, 0.4) is 0 Å². The first-order valence-electron chi connectivity index (χ1n) is 5.99. The van der Waals surface area contributed by atoms with E-state index in [9.17, 15) is 9.59 Å². The van der Waals surface area contributed by atoms with Crippen LogP contribution in [0.1, 0.15) is 24.2 Å². The molecular formula is C13H18N2O3. The first-order valence-corrected chi connectivity index (χ1v) is 5.99. The third-order valence-electron chi connectivity index (χ3n) is 3.06. The van der Waals surface area contributed by atoms with Crippen LogP contribution in [0, 0.1) is 0 Å². The van der Waals surface area contributed by atoms with Crippen molar-refractivity contribution in [3.05, 3.63) is 34.2 Å². The molecule has 2 heterocycles. The first-order chi connectivity index (χ1) is 8.39. The lowest BCUT2D eigenvalue weighted by atomic mass is 10.1. The lowest BCUT2D eigenvalue weighted by Gasteiger charge is -2.38. The average Bonchev–Trinajstić information content (AvgIpc) is 2.30. The van der Waals surface area contributed by atoms with E-state index in [0.717, 1.165) is 0 Å². The Hall–Kier alpha value is -1.62. The van der Waals surface area contributed by atoms with E-state index in [1.807, 2.05) is 13.8 Å². The molecule has 0 unspecified atom stereocenters. The molecule has 1 fully saturated rings. The van der Waals surface area contributed by atoms with Crippen molar-refractivity contribution in [2.45, 2.75) is 19.4 Å². The standard InChI is InChI=1S/C13H18N2O3/c1-13(2)9-15(6-7-18-13)12(17)10-4-5-14(3)11(16)8-10/h4-5,8H,6-7,9H2,1-3H3. The van der Waals surface area contributed by atoms with E-state index in [4.69, 9.17) is 4.74 Å². The molecule has 1 aromatic rings. The van der Waals surface area contributed by atoms with E-state index in [2.05, 4.69) is 0 Å². The molecule has 18 heavy (non-hydrogen) atoms. The van der Waals surface area contributed by atoms with Crippen LogP contribution in [0.2, 0.25) is 0 Å². The number of hydrogen-bond acceptors (Lipinski definition) is 3. The maximum atomic E-state index is 12.3. The third kappa shape index (κ3) is 2.61. The highest BCUT2D eigenvalue weighted by atomic mass is 16.5. The zero-order chi connectivity index (χ0) is 13.3. The summed E-state index contributed by atoms with van der Waals surface area (Å²) in [5.41, 5.74) is -0.0580. The molecule has 0 aliphatic carbocycles. The lowest BCUT2D eigenvalue weighted by molar-refractivity contribution is -0.0764. The first kappa shape index (κ1) is 12.8. The Morgan fingerprint density at radius 3 is 2.78 bits per heavy atom. The number of hydrogen-bond donors (Lipinski definition) is 0. The predicted molar refractivity (Wildman–Crippen MR) is 67.6 cm³/mol. The Balaban J connectivity index is 2.20. The summed E-state index contributed by atoms with van der Waals surface area (Å²) < 4.78 is 7.01. The lowest BCUT2D eigenvalue weighted by Crippen LogP contribution is -2.50. The summed E-state index contributed by atoms with van der Waals surface area (Å²) in [4.78, 5) is 25.5. The van der Waals surface area contributed by atoms with Crippen molar-refractivity contribution in [3.63, 3.8) is 0 Å². The van der Waals surface area contributed by atoms with E-state index in [1.54, 1.807) is 24.2 Å². The van der Waals surface area contributed by atoms with Crippen molar-refractivity contribution < 1.29 is 9.53 Å². The van der Waals surface area contributed by atoms with Crippen molar-refractivity contribution in [2.75, 3.05) is 19.7 Å². The minimum absolute atomic E-state index is 0.107. The smallest absolute Gasteiger partial charge is 0.254 e. The predicted octanol–water partition coefficient (Wildman–Crippen LogP) is 0.636. The summed E-state index contributed by atoms with van der Waals surface area (Å²) >= 11 is 0. The molecule has 0 N–H and O–H groups in total. The summed E-state index contributed by atoms with van der Waals surface area (Å²) in [6.45, 7) is 5.55. The number of amides is 1. The Morgan fingerprint density at radius 2 is 2.17 bits per heavy atom. The van der Waals surface area contributed by atoms with Crippen LogP contribution < -0.4 is 5.56 Å². The van der Waals surface area contributed by atoms with Gasteiger partial charge in [0.1, 0.15) is 0 Å². The highest BCUT2D eigenvalue weighted by Gasteiger charge is 2.30. The van der Waals surface area contributed by atoms with Crippen LogP contribution in [-0.4, -0.2) is 40.7 Å². The molecule has 0 aromatic carbocycles. The van der Waals surface area contributed by atoms with Crippen LogP contribution in [0.15, 0.2) is 23.1 Å². The number of ether oxygens (including phenoxy) is 1. The van der Waals surface area contributed by atoms with E-state index in [0.29, 0.717) is 25.3 Å². The largest absolute Gasteiger partial charge is 0.372 e. The van der Waals surface area contributed by atoms with Crippen molar-refractivity contribution in [1.29, 1.82) is 0 Å². The minimum Gasteiger partial charge on any atom is -0.372 e. The Kier molecular flexibility index (Phi) is 3.26. The summed E-state index contributed by atoms with van der Waals surface area (Å²) in [6, 6.07) is 3.05. The molecule has 0 spiro atoms. The molecule has 1 aliphatic heterocycles. The molecule has 1 saturated heterocycles. The van der Waals surface area contributed by atoms with E-state index in [-0.39, 0.29) is 17.1 Å². The monoisotopic (exact) mass is 250 g/mol. The fraction of sp³-hybridized carbons (Fsp3) is 0.538. The number of aromatic nitrogens is 1. The van der Waals surface area contributed by atoms with Gasteiger partial charge in [0.2, 0.25) is 0 Å². The van der Waals surface area contributed by atoms with Gasteiger partial charge >= 0.3 is 0 Å². The molecule has 5 nitrogen and oxygen atoms in total. The fourth-order valence-electron chi connectivity index (χ4n) is 2.05. The zero-order valence-electron chi connectivity index (χ0n) is 11.0. The molecule has 0 bridgehead atoms. The van der Waals surface area contributed by atoms with Gasteiger partial charge in [0.15, 0.2) is 0 Å². The summed E-state index contributed by atoms with van der Waals surface area (Å²) in [5.74, 6) is -0.107. The van der Waals surface area contributed by atoms with Gasteiger partial charge in [-0.25, -0.2) is 0 Å². The van der Waals surface area contributed by atoms with E-state index >= 15 is 0 Å². The van der Waals surface area contributed by atoms with Crippen molar-refractivity contribution in [3.8, 4) is 0 Å². The molecule has 0 radical (unpaired) electrons. The highest BCUT2D eigenvalue weighted by Crippen LogP contribution is 2.18. The quantitative estimate of drug-likeness (QED) is 0.735. The van der Waals surface area contributed by atoms with Crippen molar-refractivity contribution >= 4 is 5.91 Å². The number of pyridine rings is 1. The van der Waals surface area contributed by atoms with Crippen LogP contribution >= 0.6 is 0 Å². The second-order valence-corrected chi connectivity index (χ2v) is 5.20. The van der Waals surface area contributed by atoms with E-state index in [1.165, 1.54) is 10.6 Å². The molecular weight excluding hydrogens is 232 g/mol. The van der Waals surface area contributed by atoms with Crippen LogP contribution in [0.25, 0.3) is 0 Å². The van der Waals surface area contributed by atoms with Crippen LogP contribution in [0.4, 0.5) is 0 Å². The van der Waals surface area contributed by atoms with Gasteiger partial charge in [-0.1, -0.05) is 0 Å². The molecule has 1 aromatic heterocycles. The topological polar surface area (TPSA) is 51.5 Å². The highest BCUT2D eigenvalue weighted by molar-refractivity contribution is 5.94. The second kappa shape index (κ2) is 4.57. The number of carbonyl (C=O) groups is 1. The number of carbonyl (C=O) groups excluding carboxylic acids is 1. The third-order valence-corrected chi connectivity index (χ3v) is 3.06. The van der Waals surface area contributed by atoms with Crippen molar-refractivity contribution in [2.24, 2.45) is 7.05 Å². The zero-order valence-corrected chi connectivity index (χ0v) is 11.0. The van der Waals surface area contributed by atoms with Gasteiger partial charge < -0.3 is 14.2 Å². The Morgan fingerprint density at radius 1 is 1.44 bits per heavy atom. The Bertz CT molecular complexity index is 519. The minimum atomic E-state index is -0.326. The average molecular weight is 250 g/mol. The van der Waals surface area contributed by atoms with E-state index < -0.39 is 0 Å². The number of rotatable bonds is 1. The van der Waals surface area contributed by atoms with Gasteiger partial charge in [-0.3, -0.25) is 9.59 Å². The normalized spacial score (nSPS) is 18.7. The molecule has 1 amide bonds. The molecule has 5 heteroatoms. The summed E-state index contributed by atoms with van der Waals surface area (Å²) in [7, 11) is 1.66. The van der Waals surface area contributed by atoms with Crippen LogP contribution in [0.5, 0.6) is 0 Å². The fourth-order valence-corrected chi connectivity index (χ4v) is 2.05. The number of nitrogens with zero attached hydrogens (tertiary/aromatic N) is 2. The Labute approximate surface area is 106 Å². The van der Waals surface area contributed by atoms with Gasteiger partial charge in [-0.2, -0.15) is 0 Å². The van der Waals surface area contributed by atoms with Crippen molar-refractivity contribution in [1.82, 2.24) is 9.47 Å².